The fourth-order valence-electron chi connectivity index (χ4n) is 3.22. The second-order valence-electron chi connectivity index (χ2n) is 7.09. The van der Waals surface area contributed by atoms with Gasteiger partial charge in [-0.3, -0.25) is 4.79 Å². The minimum Gasteiger partial charge on any atom is -0.479 e. The lowest BCUT2D eigenvalue weighted by Gasteiger charge is -2.13. The molecule has 0 bridgehead atoms. The van der Waals surface area contributed by atoms with Crippen LogP contribution >= 0.6 is 0 Å². The van der Waals surface area contributed by atoms with Crippen molar-refractivity contribution in [1.29, 1.82) is 0 Å². The molecular weight excluding hydrogens is 408 g/mol. The Kier molecular flexibility index (Phi) is 6.22. The van der Waals surface area contributed by atoms with Gasteiger partial charge in [-0.25, -0.2) is 4.79 Å². The lowest BCUT2D eigenvalue weighted by atomic mass is 10.1. The molecule has 4 aromatic rings. The monoisotopic (exact) mass is 430 g/mol. The minimum atomic E-state index is -0.777. The number of carbonyl (C=O) groups is 1. The molecule has 1 atom stereocenters. The van der Waals surface area contributed by atoms with Crippen LogP contribution in [0.2, 0.25) is 0 Å². The van der Waals surface area contributed by atoms with Crippen molar-refractivity contribution >= 4 is 16.9 Å². The number of carbonyl (C=O) groups excluding carboxylic acids is 1. The van der Waals surface area contributed by atoms with E-state index >= 15 is 0 Å². The molecule has 0 saturated carbocycles. The van der Waals surface area contributed by atoms with Crippen LogP contribution in [0.5, 0.6) is 17.2 Å². The highest BCUT2D eigenvalue weighted by molar-refractivity contribution is 5.79. The summed E-state index contributed by atoms with van der Waals surface area (Å²) in [7, 11) is 0. The Balaban J connectivity index is 1.52. The zero-order chi connectivity index (χ0) is 22.5. The summed E-state index contributed by atoms with van der Waals surface area (Å²) in [4.78, 5) is 24.6. The fraction of sp³-hybridized carbons (Fsp3) is 0.154. The van der Waals surface area contributed by atoms with E-state index in [4.69, 9.17) is 18.6 Å². The van der Waals surface area contributed by atoms with Crippen molar-refractivity contribution in [3.63, 3.8) is 0 Å². The summed E-state index contributed by atoms with van der Waals surface area (Å²) in [6, 6.07) is 22.2. The number of ether oxygens (including phenoxy) is 3. The van der Waals surface area contributed by atoms with Gasteiger partial charge in [0, 0.05) is 6.07 Å². The van der Waals surface area contributed by atoms with Gasteiger partial charge in [0.2, 0.25) is 11.2 Å². The first kappa shape index (κ1) is 21.2. The van der Waals surface area contributed by atoms with Crippen molar-refractivity contribution in [2.24, 2.45) is 0 Å². The quantitative estimate of drug-likeness (QED) is 0.356. The molecule has 32 heavy (non-hydrogen) atoms. The third-order valence-electron chi connectivity index (χ3n) is 4.84. The molecule has 0 fully saturated rings. The molecule has 0 saturated heterocycles. The largest absolute Gasteiger partial charge is 0.479 e. The van der Waals surface area contributed by atoms with Crippen LogP contribution in [-0.2, 0) is 9.53 Å². The molecule has 1 heterocycles. The van der Waals surface area contributed by atoms with Gasteiger partial charge in [-0.05, 0) is 49.2 Å². The Morgan fingerprint density at radius 1 is 0.938 bits per heavy atom. The molecule has 0 aliphatic heterocycles. The van der Waals surface area contributed by atoms with Crippen molar-refractivity contribution < 1.29 is 23.4 Å². The van der Waals surface area contributed by atoms with Crippen LogP contribution in [-0.4, -0.2) is 18.7 Å². The van der Waals surface area contributed by atoms with Gasteiger partial charge < -0.3 is 18.6 Å². The Bertz CT molecular complexity index is 1280. The van der Waals surface area contributed by atoms with Gasteiger partial charge in [-0.2, -0.15) is 0 Å². The van der Waals surface area contributed by atoms with Gasteiger partial charge in [0.05, 0.1) is 12.0 Å². The van der Waals surface area contributed by atoms with Crippen LogP contribution < -0.4 is 14.9 Å². The van der Waals surface area contributed by atoms with Crippen LogP contribution in [0.25, 0.3) is 22.1 Å². The smallest absolute Gasteiger partial charge is 0.347 e. The van der Waals surface area contributed by atoms with Gasteiger partial charge in [-0.15, -0.1) is 0 Å². The van der Waals surface area contributed by atoms with Crippen LogP contribution in [0.15, 0.2) is 88.3 Å². The molecule has 0 aliphatic rings. The number of fused-ring (bicyclic) bond motifs is 1. The highest BCUT2D eigenvalue weighted by Crippen LogP contribution is 2.27. The first-order valence-corrected chi connectivity index (χ1v) is 10.3. The summed E-state index contributed by atoms with van der Waals surface area (Å²) in [6.45, 7) is 3.60. The zero-order valence-electron chi connectivity index (χ0n) is 17.7. The van der Waals surface area contributed by atoms with E-state index in [0.717, 1.165) is 11.1 Å². The maximum absolute atomic E-state index is 12.8. The molecule has 6 heteroatoms. The highest BCUT2D eigenvalue weighted by Gasteiger charge is 2.17. The number of benzene rings is 3. The van der Waals surface area contributed by atoms with Gasteiger partial charge in [0.1, 0.15) is 23.3 Å². The van der Waals surface area contributed by atoms with Crippen LogP contribution in [0.1, 0.15) is 13.8 Å². The average Bonchev–Trinajstić information content (AvgIpc) is 2.82. The van der Waals surface area contributed by atoms with Gasteiger partial charge in [-0.1, -0.05) is 42.5 Å². The Morgan fingerprint density at radius 2 is 1.62 bits per heavy atom. The van der Waals surface area contributed by atoms with Crippen LogP contribution in [0.3, 0.4) is 0 Å². The van der Waals surface area contributed by atoms with Crippen LogP contribution in [0, 0.1) is 0 Å². The topological polar surface area (TPSA) is 75.0 Å². The first-order chi connectivity index (χ1) is 15.5. The van der Waals surface area contributed by atoms with Crippen molar-refractivity contribution in [3.05, 3.63) is 89.3 Å². The Hall–Kier alpha value is -4.06. The highest BCUT2D eigenvalue weighted by atomic mass is 16.6. The van der Waals surface area contributed by atoms with E-state index < -0.39 is 12.1 Å². The van der Waals surface area contributed by atoms with Gasteiger partial charge in [0.15, 0.2) is 6.10 Å². The number of hydrogen-bond donors (Lipinski definition) is 0. The second kappa shape index (κ2) is 9.39. The normalized spacial score (nSPS) is 11.7. The zero-order valence-corrected chi connectivity index (χ0v) is 17.7. The van der Waals surface area contributed by atoms with E-state index in [1.54, 1.807) is 44.2 Å². The van der Waals surface area contributed by atoms with Crippen LogP contribution in [0.4, 0.5) is 0 Å². The molecular formula is C26H22O6. The molecule has 0 spiro atoms. The Morgan fingerprint density at radius 3 is 2.34 bits per heavy atom. The van der Waals surface area contributed by atoms with E-state index in [1.807, 2.05) is 42.5 Å². The summed E-state index contributed by atoms with van der Waals surface area (Å²) < 4.78 is 21.9. The Labute approximate surface area is 185 Å². The number of esters is 1. The summed E-state index contributed by atoms with van der Waals surface area (Å²) >= 11 is 0. The first-order valence-electron chi connectivity index (χ1n) is 10.3. The van der Waals surface area contributed by atoms with E-state index in [1.165, 1.54) is 6.26 Å². The molecule has 6 nitrogen and oxygen atoms in total. The predicted octanol–water partition coefficient (Wildman–Crippen LogP) is 5.58. The lowest BCUT2D eigenvalue weighted by molar-refractivity contribution is -0.150. The van der Waals surface area contributed by atoms with E-state index in [9.17, 15) is 9.59 Å². The standard InChI is InChI=1S/C26H22O6/c1-3-29-26(28)17(2)31-21-13-14-22-23(15-21)30-16-24(25(22)27)32-20-11-9-19(10-12-20)18-7-5-4-6-8-18/h4-17H,3H2,1-2H3. The predicted molar refractivity (Wildman–Crippen MR) is 121 cm³/mol. The third-order valence-corrected chi connectivity index (χ3v) is 4.84. The van der Waals surface area contributed by atoms with Gasteiger partial charge in [0.25, 0.3) is 0 Å². The molecule has 0 radical (unpaired) electrons. The molecule has 0 aliphatic carbocycles. The van der Waals surface area contributed by atoms with Gasteiger partial charge >= 0.3 is 5.97 Å². The number of rotatable bonds is 7. The molecule has 0 N–H and O–H groups in total. The molecule has 162 valence electrons. The molecule has 1 unspecified atom stereocenters. The maximum Gasteiger partial charge on any atom is 0.347 e. The molecule has 4 rings (SSSR count). The third kappa shape index (κ3) is 4.64. The summed E-state index contributed by atoms with van der Waals surface area (Å²) in [5.74, 6) is 0.542. The summed E-state index contributed by atoms with van der Waals surface area (Å²) in [5, 5.41) is 0.347. The van der Waals surface area contributed by atoms with Crippen molar-refractivity contribution in [2.45, 2.75) is 20.0 Å². The fourth-order valence-corrected chi connectivity index (χ4v) is 3.22. The summed E-state index contributed by atoms with van der Waals surface area (Å²) in [5.41, 5.74) is 2.17. The number of hydrogen-bond acceptors (Lipinski definition) is 6. The molecule has 0 amide bonds. The molecule has 1 aromatic heterocycles. The van der Waals surface area contributed by atoms with Crippen molar-refractivity contribution in [1.82, 2.24) is 0 Å². The average molecular weight is 430 g/mol. The minimum absolute atomic E-state index is 0.0820. The SMILES string of the molecule is CCOC(=O)C(C)Oc1ccc2c(=O)c(Oc3ccc(-c4ccccc4)cc3)coc2c1. The maximum atomic E-state index is 12.8. The van der Waals surface area contributed by atoms with Crippen molar-refractivity contribution in [2.75, 3.05) is 6.61 Å². The van der Waals surface area contributed by atoms with Crippen molar-refractivity contribution in [3.8, 4) is 28.4 Å². The van der Waals surface area contributed by atoms with E-state index in [2.05, 4.69) is 0 Å². The van der Waals surface area contributed by atoms with E-state index in [-0.39, 0.29) is 17.8 Å². The lowest BCUT2D eigenvalue weighted by Crippen LogP contribution is -2.26. The van der Waals surface area contributed by atoms with E-state index in [0.29, 0.717) is 22.5 Å². The summed E-state index contributed by atoms with van der Waals surface area (Å²) in [6.07, 6.45) is 0.495. The molecule has 3 aromatic carbocycles. The second-order valence-corrected chi connectivity index (χ2v) is 7.09.